The van der Waals surface area contributed by atoms with Gasteiger partial charge in [-0.1, -0.05) is 6.07 Å². The number of hydrogen-bond donors (Lipinski definition) is 0. The lowest BCUT2D eigenvalue weighted by molar-refractivity contribution is -0.127. The summed E-state index contributed by atoms with van der Waals surface area (Å²) in [6.45, 7) is 1.67. The second-order valence-electron chi connectivity index (χ2n) is 3.11. The maximum Gasteiger partial charge on any atom is 0.393 e. The lowest BCUT2D eigenvalue weighted by atomic mass is 10.0. The molecule has 1 rings (SSSR count). The minimum atomic E-state index is -4.22. The molecule has 1 aromatic rings. The topological polar surface area (TPSA) is 23.8 Å². The Morgan fingerprint density at radius 1 is 1.29 bits per heavy atom. The second kappa shape index (κ2) is 3.70. The monoisotopic (exact) mass is 199 g/mol. The highest BCUT2D eigenvalue weighted by Crippen LogP contribution is 2.22. The van der Waals surface area contributed by atoms with Gasteiger partial charge in [-0.3, -0.25) is 0 Å². The highest BCUT2D eigenvalue weighted by atomic mass is 19.4. The van der Waals surface area contributed by atoms with Crippen LogP contribution in [0.2, 0.25) is 0 Å². The number of rotatable bonds is 1. The van der Waals surface area contributed by atoms with Crippen LogP contribution in [0, 0.1) is 18.3 Å². The first-order valence-corrected chi connectivity index (χ1v) is 3.98. The standard InChI is InChI=1S/C10H8F3N/c1-7-2-8(5-10(11,12)13)4-9(3-7)6-14/h2-4H,5H2,1H3. The van der Waals surface area contributed by atoms with Crippen LogP contribution in [0.15, 0.2) is 18.2 Å². The van der Waals surface area contributed by atoms with Crippen LogP contribution in [0.25, 0.3) is 0 Å². The molecular weight excluding hydrogens is 191 g/mol. The SMILES string of the molecule is Cc1cc(C#N)cc(CC(F)(F)F)c1. The van der Waals surface area contributed by atoms with Crippen LogP contribution >= 0.6 is 0 Å². The Morgan fingerprint density at radius 3 is 2.43 bits per heavy atom. The van der Waals surface area contributed by atoms with Crippen LogP contribution in [-0.2, 0) is 6.42 Å². The number of hydrogen-bond acceptors (Lipinski definition) is 1. The fraction of sp³-hybridized carbons (Fsp3) is 0.300. The fourth-order valence-electron chi connectivity index (χ4n) is 1.26. The van der Waals surface area contributed by atoms with Crippen LogP contribution in [0.1, 0.15) is 16.7 Å². The summed E-state index contributed by atoms with van der Waals surface area (Å²) in [6, 6.07) is 6.09. The van der Waals surface area contributed by atoms with E-state index in [1.165, 1.54) is 12.1 Å². The first-order valence-electron chi connectivity index (χ1n) is 3.98. The number of nitriles is 1. The summed E-state index contributed by atoms with van der Waals surface area (Å²) in [5.41, 5.74) is 1.07. The van der Waals surface area contributed by atoms with E-state index in [-0.39, 0.29) is 11.1 Å². The van der Waals surface area contributed by atoms with Gasteiger partial charge in [0.2, 0.25) is 0 Å². The largest absolute Gasteiger partial charge is 0.393 e. The van der Waals surface area contributed by atoms with Crippen LogP contribution in [-0.4, -0.2) is 6.18 Å². The Labute approximate surface area is 79.8 Å². The molecule has 4 heteroatoms. The van der Waals surface area contributed by atoms with Crippen molar-refractivity contribution in [3.05, 3.63) is 34.9 Å². The predicted octanol–water partition coefficient (Wildman–Crippen LogP) is 2.97. The summed E-state index contributed by atoms with van der Waals surface area (Å²) in [7, 11) is 0. The smallest absolute Gasteiger partial charge is 0.192 e. The summed E-state index contributed by atoms with van der Waals surface area (Å²) in [6.07, 6.45) is -5.20. The van der Waals surface area contributed by atoms with Gasteiger partial charge in [0.15, 0.2) is 0 Å². The zero-order chi connectivity index (χ0) is 10.8. The Bertz CT molecular complexity index is 374. The molecular formula is C10H8F3N. The number of halogens is 3. The summed E-state index contributed by atoms with van der Waals surface area (Å²) < 4.78 is 36.1. The van der Waals surface area contributed by atoms with E-state index in [4.69, 9.17) is 5.26 Å². The van der Waals surface area contributed by atoms with E-state index in [2.05, 4.69) is 0 Å². The second-order valence-corrected chi connectivity index (χ2v) is 3.11. The average molecular weight is 199 g/mol. The Kier molecular flexibility index (Phi) is 2.80. The van der Waals surface area contributed by atoms with E-state index in [1.807, 2.05) is 6.07 Å². The molecule has 0 bridgehead atoms. The van der Waals surface area contributed by atoms with Gasteiger partial charge in [-0.15, -0.1) is 0 Å². The summed E-state index contributed by atoms with van der Waals surface area (Å²) >= 11 is 0. The van der Waals surface area contributed by atoms with E-state index in [1.54, 1.807) is 13.0 Å². The van der Waals surface area contributed by atoms with Crippen molar-refractivity contribution in [3.63, 3.8) is 0 Å². The van der Waals surface area contributed by atoms with E-state index >= 15 is 0 Å². The van der Waals surface area contributed by atoms with Crippen molar-refractivity contribution in [2.45, 2.75) is 19.5 Å². The predicted molar refractivity (Wildman–Crippen MR) is 45.7 cm³/mol. The van der Waals surface area contributed by atoms with Crippen LogP contribution in [0.3, 0.4) is 0 Å². The first-order chi connectivity index (χ1) is 6.40. The zero-order valence-electron chi connectivity index (χ0n) is 7.52. The van der Waals surface area contributed by atoms with E-state index in [9.17, 15) is 13.2 Å². The Hall–Kier alpha value is -1.50. The summed E-state index contributed by atoms with van der Waals surface area (Å²) in [4.78, 5) is 0. The van der Waals surface area contributed by atoms with E-state index in [0.717, 1.165) is 0 Å². The molecule has 0 aliphatic heterocycles. The van der Waals surface area contributed by atoms with Crippen LogP contribution < -0.4 is 0 Å². The molecule has 0 saturated carbocycles. The van der Waals surface area contributed by atoms with Crippen molar-refractivity contribution in [2.75, 3.05) is 0 Å². The molecule has 14 heavy (non-hydrogen) atoms. The molecule has 0 aromatic heterocycles. The third-order valence-electron chi connectivity index (χ3n) is 1.67. The first kappa shape index (κ1) is 10.6. The van der Waals surface area contributed by atoms with Crippen molar-refractivity contribution in [1.29, 1.82) is 5.26 Å². The molecule has 74 valence electrons. The summed E-state index contributed by atoms with van der Waals surface area (Å²) in [5.74, 6) is 0. The number of alkyl halides is 3. The maximum absolute atomic E-state index is 12.0. The molecule has 0 heterocycles. The van der Waals surface area contributed by atoms with Gasteiger partial charge >= 0.3 is 6.18 Å². The van der Waals surface area contributed by atoms with Gasteiger partial charge in [-0.05, 0) is 30.2 Å². The van der Waals surface area contributed by atoms with Gasteiger partial charge in [0.05, 0.1) is 18.1 Å². The average Bonchev–Trinajstić information content (AvgIpc) is 1.99. The fourth-order valence-corrected chi connectivity index (χ4v) is 1.26. The molecule has 0 N–H and O–H groups in total. The molecule has 0 fully saturated rings. The third kappa shape index (κ3) is 3.09. The lowest BCUT2D eigenvalue weighted by Crippen LogP contribution is -2.11. The normalized spacial score (nSPS) is 11.1. The van der Waals surface area contributed by atoms with Gasteiger partial charge in [-0.2, -0.15) is 18.4 Å². The number of nitrogens with zero attached hydrogens (tertiary/aromatic N) is 1. The van der Waals surface area contributed by atoms with Crippen LogP contribution in [0.5, 0.6) is 0 Å². The number of aryl methyl sites for hydroxylation is 1. The molecule has 0 radical (unpaired) electrons. The van der Waals surface area contributed by atoms with Gasteiger partial charge in [-0.25, -0.2) is 0 Å². The number of benzene rings is 1. The van der Waals surface area contributed by atoms with Gasteiger partial charge in [0, 0.05) is 0 Å². The molecule has 1 nitrogen and oxygen atoms in total. The molecule has 0 saturated heterocycles. The van der Waals surface area contributed by atoms with E-state index in [0.29, 0.717) is 5.56 Å². The van der Waals surface area contributed by atoms with Crippen molar-refractivity contribution in [2.24, 2.45) is 0 Å². The highest BCUT2D eigenvalue weighted by Gasteiger charge is 2.27. The maximum atomic E-state index is 12.0. The molecule has 0 aliphatic rings. The van der Waals surface area contributed by atoms with Gasteiger partial charge < -0.3 is 0 Å². The van der Waals surface area contributed by atoms with E-state index < -0.39 is 12.6 Å². The van der Waals surface area contributed by atoms with Crippen LogP contribution in [0.4, 0.5) is 13.2 Å². The minimum Gasteiger partial charge on any atom is -0.192 e. The Balaban J connectivity index is 3.00. The van der Waals surface area contributed by atoms with Crippen molar-refractivity contribution in [3.8, 4) is 6.07 Å². The summed E-state index contributed by atoms with van der Waals surface area (Å²) in [5, 5.41) is 8.55. The molecule has 0 atom stereocenters. The van der Waals surface area contributed by atoms with Crippen molar-refractivity contribution in [1.82, 2.24) is 0 Å². The minimum absolute atomic E-state index is 0.133. The molecule has 0 amide bonds. The molecule has 0 aliphatic carbocycles. The lowest BCUT2D eigenvalue weighted by Gasteiger charge is -2.07. The Morgan fingerprint density at radius 2 is 1.93 bits per heavy atom. The van der Waals surface area contributed by atoms with Crippen molar-refractivity contribution < 1.29 is 13.2 Å². The van der Waals surface area contributed by atoms with Gasteiger partial charge in [0.1, 0.15) is 0 Å². The van der Waals surface area contributed by atoms with Crippen molar-refractivity contribution >= 4 is 0 Å². The third-order valence-corrected chi connectivity index (χ3v) is 1.67. The molecule has 1 aromatic carbocycles. The molecule has 0 unspecified atom stereocenters. The quantitative estimate of drug-likeness (QED) is 0.682. The zero-order valence-corrected chi connectivity index (χ0v) is 7.52. The molecule has 0 spiro atoms. The van der Waals surface area contributed by atoms with Gasteiger partial charge in [0.25, 0.3) is 0 Å². The highest BCUT2D eigenvalue weighted by molar-refractivity contribution is 5.37.